The van der Waals surface area contributed by atoms with E-state index in [0.717, 1.165) is 41.6 Å². The van der Waals surface area contributed by atoms with Crippen LogP contribution in [-0.2, 0) is 20.0 Å². The van der Waals surface area contributed by atoms with E-state index in [0.29, 0.717) is 11.4 Å². The number of aromatic nitrogens is 1. The third-order valence-electron chi connectivity index (χ3n) is 5.51. The average Bonchev–Trinajstić information content (AvgIpc) is 3.53. The van der Waals surface area contributed by atoms with Crippen molar-refractivity contribution in [3.63, 3.8) is 0 Å². The Labute approximate surface area is 208 Å². The van der Waals surface area contributed by atoms with Crippen LogP contribution in [0.3, 0.4) is 0 Å². The fourth-order valence-corrected chi connectivity index (χ4v) is 6.38. The van der Waals surface area contributed by atoms with Crippen molar-refractivity contribution in [2.75, 3.05) is 42.1 Å². The predicted octanol–water partition coefficient (Wildman–Crippen LogP) is 3.05. The van der Waals surface area contributed by atoms with Crippen LogP contribution in [0.4, 0.5) is 16.5 Å². The van der Waals surface area contributed by atoms with E-state index in [9.17, 15) is 21.6 Å². The minimum absolute atomic E-state index is 0.0162. The third-order valence-corrected chi connectivity index (χ3v) is 9.50. The minimum Gasteiger partial charge on any atom is -0.371 e. The van der Waals surface area contributed by atoms with Gasteiger partial charge in [-0.3, -0.25) is 9.52 Å². The Bertz CT molecular complexity index is 1410. The van der Waals surface area contributed by atoms with Gasteiger partial charge in [-0.25, -0.2) is 26.1 Å². The maximum absolute atomic E-state index is 13.3. The van der Waals surface area contributed by atoms with Crippen molar-refractivity contribution >= 4 is 53.8 Å². The summed E-state index contributed by atoms with van der Waals surface area (Å²) in [6, 6.07) is 10.3. The number of hydrogen-bond donors (Lipinski definition) is 2. The summed E-state index contributed by atoms with van der Waals surface area (Å²) >= 11 is 1.16. The minimum atomic E-state index is -3.82. The summed E-state index contributed by atoms with van der Waals surface area (Å²) in [5.41, 5.74) is 1.26. The number of amides is 1. The van der Waals surface area contributed by atoms with Crippen LogP contribution in [0.5, 0.6) is 0 Å². The summed E-state index contributed by atoms with van der Waals surface area (Å²) < 4.78 is 53.9. The van der Waals surface area contributed by atoms with Crippen LogP contribution in [0.1, 0.15) is 23.2 Å². The van der Waals surface area contributed by atoms with Crippen LogP contribution in [0.25, 0.3) is 0 Å². The molecule has 2 aromatic carbocycles. The normalized spacial score (nSPS) is 14.3. The molecule has 0 bridgehead atoms. The van der Waals surface area contributed by atoms with Gasteiger partial charge in [-0.2, -0.15) is 0 Å². The van der Waals surface area contributed by atoms with Crippen molar-refractivity contribution in [1.82, 2.24) is 9.29 Å². The van der Waals surface area contributed by atoms with Gasteiger partial charge < -0.3 is 10.2 Å². The summed E-state index contributed by atoms with van der Waals surface area (Å²) in [5.74, 6) is -0.487. The Morgan fingerprint density at radius 3 is 2.26 bits per heavy atom. The molecular weight excluding hydrogens is 510 g/mol. The molecule has 1 aromatic heterocycles. The van der Waals surface area contributed by atoms with Gasteiger partial charge in [0.15, 0.2) is 5.13 Å². The fraction of sp³-hybridized carbons (Fsp3) is 0.273. The zero-order valence-corrected chi connectivity index (χ0v) is 21.6. The van der Waals surface area contributed by atoms with Crippen LogP contribution in [0.2, 0.25) is 0 Å². The number of rotatable bonds is 8. The van der Waals surface area contributed by atoms with E-state index in [1.54, 1.807) is 11.4 Å². The molecule has 186 valence electrons. The Morgan fingerprint density at radius 1 is 1.00 bits per heavy atom. The third kappa shape index (κ3) is 5.48. The highest BCUT2D eigenvalue weighted by Gasteiger charge is 2.25. The van der Waals surface area contributed by atoms with E-state index in [-0.39, 0.29) is 20.5 Å². The van der Waals surface area contributed by atoms with Gasteiger partial charge in [0, 0.05) is 50.1 Å². The molecule has 1 aliphatic heterocycles. The first-order chi connectivity index (χ1) is 16.6. The van der Waals surface area contributed by atoms with Gasteiger partial charge in [-0.05, 0) is 55.3 Å². The standard InChI is InChI=1S/C22H25N5O5S3/c1-26(2)35(31,32)18-9-10-20(27-12-3-4-13-27)19(15-18)21(28)24-16-5-7-17(8-6-16)34(29,30)25-22-23-11-14-33-22/h5-11,14-15H,3-4,12-13H2,1-2H3,(H,23,25)(H,24,28). The fourth-order valence-electron chi connectivity index (χ4n) is 3.67. The molecule has 13 heteroatoms. The molecule has 0 saturated carbocycles. The van der Waals surface area contributed by atoms with Crippen molar-refractivity contribution in [1.29, 1.82) is 0 Å². The highest BCUT2D eigenvalue weighted by Crippen LogP contribution is 2.29. The number of carbonyl (C=O) groups is 1. The lowest BCUT2D eigenvalue weighted by Crippen LogP contribution is -2.25. The van der Waals surface area contributed by atoms with Crippen LogP contribution < -0.4 is 14.9 Å². The van der Waals surface area contributed by atoms with Crippen molar-refractivity contribution < 1.29 is 21.6 Å². The van der Waals surface area contributed by atoms with E-state index in [2.05, 4.69) is 19.9 Å². The molecular formula is C22H25N5O5S3. The molecule has 1 saturated heterocycles. The molecule has 2 heterocycles. The van der Waals surface area contributed by atoms with Crippen LogP contribution in [-0.4, -0.2) is 59.2 Å². The maximum Gasteiger partial charge on any atom is 0.263 e. The van der Waals surface area contributed by atoms with Crippen molar-refractivity contribution in [2.45, 2.75) is 22.6 Å². The highest BCUT2D eigenvalue weighted by atomic mass is 32.2. The molecule has 0 aliphatic carbocycles. The average molecular weight is 536 g/mol. The summed E-state index contributed by atoms with van der Waals surface area (Å²) in [7, 11) is -4.69. The smallest absolute Gasteiger partial charge is 0.263 e. The van der Waals surface area contributed by atoms with Crippen LogP contribution >= 0.6 is 11.3 Å². The quantitative estimate of drug-likeness (QED) is 0.454. The molecule has 0 atom stereocenters. The number of anilines is 3. The van der Waals surface area contributed by atoms with Gasteiger partial charge in [0.1, 0.15) is 0 Å². The molecule has 1 aliphatic rings. The molecule has 35 heavy (non-hydrogen) atoms. The number of carbonyl (C=O) groups excluding carboxylic acids is 1. The molecule has 4 rings (SSSR count). The SMILES string of the molecule is CN(C)S(=O)(=O)c1ccc(N2CCCC2)c(C(=O)Nc2ccc(S(=O)(=O)Nc3nccs3)cc2)c1. The van der Waals surface area contributed by atoms with Crippen LogP contribution in [0.15, 0.2) is 63.8 Å². The first-order valence-electron chi connectivity index (χ1n) is 10.7. The first-order valence-corrected chi connectivity index (χ1v) is 14.5. The Kier molecular flexibility index (Phi) is 7.12. The second-order valence-electron chi connectivity index (χ2n) is 8.08. The lowest BCUT2D eigenvalue weighted by molar-refractivity contribution is 0.102. The second kappa shape index (κ2) is 9.93. The van der Waals surface area contributed by atoms with Gasteiger partial charge in [0.25, 0.3) is 15.9 Å². The summed E-state index contributed by atoms with van der Waals surface area (Å²) in [6.45, 7) is 1.55. The lowest BCUT2D eigenvalue weighted by atomic mass is 10.1. The molecule has 1 amide bonds. The van der Waals surface area contributed by atoms with Gasteiger partial charge in [-0.15, -0.1) is 11.3 Å². The summed E-state index contributed by atoms with van der Waals surface area (Å²) in [5, 5.41) is 4.67. The number of hydrogen-bond acceptors (Lipinski definition) is 8. The Morgan fingerprint density at radius 2 is 1.66 bits per heavy atom. The number of thiazole rings is 1. The topological polar surface area (TPSA) is 129 Å². The van der Waals surface area contributed by atoms with E-state index >= 15 is 0 Å². The van der Waals surface area contributed by atoms with Gasteiger partial charge in [0.05, 0.1) is 15.4 Å². The number of nitrogens with zero attached hydrogens (tertiary/aromatic N) is 3. The lowest BCUT2D eigenvalue weighted by Gasteiger charge is -2.22. The second-order valence-corrected chi connectivity index (χ2v) is 12.8. The number of sulfonamides is 2. The number of nitrogens with one attached hydrogen (secondary N) is 2. The van der Waals surface area contributed by atoms with E-state index in [1.165, 1.54) is 56.7 Å². The number of benzene rings is 2. The molecule has 1 fully saturated rings. The Balaban J connectivity index is 1.60. The molecule has 3 aromatic rings. The zero-order chi connectivity index (χ0) is 25.2. The van der Waals surface area contributed by atoms with E-state index in [4.69, 9.17) is 0 Å². The zero-order valence-electron chi connectivity index (χ0n) is 19.1. The van der Waals surface area contributed by atoms with Gasteiger partial charge in [0.2, 0.25) is 10.0 Å². The maximum atomic E-state index is 13.3. The summed E-state index contributed by atoms with van der Waals surface area (Å²) in [4.78, 5) is 19.3. The Hall–Kier alpha value is -3.00. The molecule has 0 radical (unpaired) electrons. The highest BCUT2D eigenvalue weighted by molar-refractivity contribution is 7.93. The molecule has 2 N–H and O–H groups in total. The molecule has 0 unspecified atom stereocenters. The molecule has 10 nitrogen and oxygen atoms in total. The first kappa shape index (κ1) is 25.1. The van der Waals surface area contributed by atoms with Crippen LogP contribution in [0, 0.1) is 0 Å². The molecule has 0 spiro atoms. The van der Waals surface area contributed by atoms with E-state index < -0.39 is 26.0 Å². The largest absolute Gasteiger partial charge is 0.371 e. The van der Waals surface area contributed by atoms with Gasteiger partial charge in [-0.1, -0.05) is 0 Å². The van der Waals surface area contributed by atoms with E-state index in [1.807, 2.05) is 0 Å². The van der Waals surface area contributed by atoms with Crippen molar-refractivity contribution in [2.24, 2.45) is 0 Å². The van der Waals surface area contributed by atoms with Crippen molar-refractivity contribution in [3.8, 4) is 0 Å². The monoisotopic (exact) mass is 535 g/mol. The predicted molar refractivity (Wildman–Crippen MR) is 136 cm³/mol. The van der Waals surface area contributed by atoms with Crippen molar-refractivity contribution in [3.05, 3.63) is 59.6 Å². The van der Waals surface area contributed by atoms with Gasteiger partial charge >= 0.3 is 0 Å². The summed E-state index contributed by atoms with van der Waals surface area (Å²) in [6.07, 6.45) is 3.48.